The van der Waals surface area contributed by atoms with E-state index in [-0.39, 0.29) is 0 Å². The number of nitrogens with zero attached hydrogens (tertiary/aromatic N) is 2. The molecule has 0 saturated carbocycles. The zero-order chi connectivity index (χ0) is 18.1. The second kappa shape index (κ2) is 9.84. The molecule has 0 aliphatic carbocycles. The number of benzene rings is 2. The summed E-state index contributed by atoms with van der Waals surface area (Å²) in [5.74, 6) is 0.848. The molecule has 0 aliphatic heterocycles. The number of aliphatic imine (C=N–C) groups is 1. The van der Waals surface area contributed by atoms with E-state index < -0.39 is 0 Å². The van der Waals surface area contributed by atoms with Crippen LogP contribution >= 0.6 is 0 Å². The van der Waals surface area contributed by atoms with Crippen molar-refractivity contribution in [2.75, 3.05) is 20.6 Å². The van der Waals surface area contributed by atoms with Crippen molar-refractivity contribution in [2.24, 2.45) is 4.99 Å². The molecular formula is C21H30N4. The van der Waals surface area contributed by atoms with Gasteiger partial charge in [-0.25, -0.2) is 4.99 Å². The van der Waals surface area contributed by atoms with E-state index in [4.69, 9.17) is 4.99 Å². The van der Waals surface area contributed by atoms with Crippen LogP contribution in [0.3, 0.4) is 0 Å². The van der Waals surface area contributed by atoms with Crippen LogP contribution in [0.5, 0.6) is 0 Å². The van der Waals surface area contributed by atoms with Gasteiger partial charge in [0, 0.05) is 19.6 Å². The average Bonchev–Trinajstić information content (AvgIpc) is 2.58. The highest BCUT2D eigenvalue weighted by Gasteiger charge is 2.01. The van der Waals surface area contributed by atoms with Crippen molar-refractivity contribution in [3.63, 3.8) is 0 Å². The third-order valence-electron chi connectivity index (χ3n) is 3.83. The third-order valence-corrected chi connectivity index (χ3v) is 3.83. The maximum atomic E-state index is 4.72. The van der Waals surface area contributed by atoms with Gasteiger partial charge in [-0.1, -0.05) is 54.1 Å². The van der Waals surface area contributed by atoms with E-state index in [1.54, 1.807) is 0 Å². The van der Waals surface area contributed by atoms with Crippen LogP contribution in [0.15, 0.2) is 53.5 Å². The second-order valence-electron chi connectivity index (χ2n) is 6.59. The monoisotopic (exact) mass is 338 g/mol. The number of rotatable bonds is 7. The van der Waals surface area contributed by atoms with Gasteiger partial charge in [0.2, 0.25) is 0 Å². The molecule has 25 heavy (non-hydrogen) atoms. The predicted molar refractivity (Wildman–Crippen MR) is 107 cm³/mol. The van der Waals surface area contributed by atoms with Gasteiger partial charge < -0.3 is 15.5 Å². The summed E-state index contributed by atoms with van der Waals surface area (Å²) in [6, 6.07) is 17.2. The minimum atomic E-state index is 0.671. The maximum Gasteiger partial charge on any atom is 0.191 e. The van der Waals surface area contributed by atoms with Crippen LogP contribution in [0.1, 0.15) is 29.2 Å². The van der Waals surface area contributed by atoms with Crippen molar-refractivity contribution in [3.05, 3.63) is 70.8 Å². The molecule has 0 spiro atoms. The first-order valence-corrected chi connectivity index (χ1v) is 8.87. The van der Waals surface area contributed by atoms with Gasteiger partial charge in [0.25, 0.3) is 0 Å². The van der Waals surface area contributed by atoms with E-state index in [9.17, 15) is 0 Å². The topological polar surface area (TPSA) is 39.7 Å². The van der Waals surface area contributed by atoms with Crippen LogP contribution in [0.2, 0.25) is 0 Å². The van der Waals surface area contributed by atoms with Crippen LogP contribution in [-0.4, -0.2) is 31.5 Å². The molecule has 2 aromatic carbocycles. The van der Waals surface area contributed by atoms with E-state index in [0.717, 1.165) is 25.6 Å². The summed E-state index contributed by atoms with van der Waals surface area (Å²) < 4.78 is 0. The van der Waals surface area contributed by atoms with Crippen molar-refractivity contribution < 1.29 is 0 Å². The average molecular weight is 338 g/mol. The zero-order valence-corrected chi connectivity index (χ0v) is 15.8. The fraction of sp³-hybridized carbons (Fsp3) is 0.381. The predicted octanol–water partition coefficient (Wildman–Crippen LogP) is 3.31. The number of aryl methyl sites for hydroxylation is 1. The number of nitrogens with one attached hydrogen (secondary N) is 2. The lowest BCUT2D eigenvalue weighted by Crippen LogP contribution is -2.36. The Morgan fingerprint density at radius 2 is 1.68 bits per heavy atom. The van der Waals surface area contributed by atoms with Gasteiger partial charge in [-0.3, -0.25) is 0 Å². The second-order valence-corrected chi connectivity index (χ2v) is 6.59. The molecule has 0 fully saturated rings. The summed E-state index contributed by atoms with van der Waals surface area (Å²) >= 11 is 0. The largest absolute Gasteiger partial charge is 0.357 e. The highest BCUT2D eigenvalue weighted by Crippen LogP contribution is 2.08. The van der Waals surface area contributed by atoms with Gasteiger partial charge in [-0.05, 0) is 44.6 Å². The van der Waals surface area contributed by atoms with E-state index in [2.05, 4.69) is 92.0 Å². The Kier molecular flexibility index (Phi) is 7.48. The lowest BCUT2D eigenvalue weighted by Gasteiger charge is -2.12. The highest BCUT2D eigenvalue weighted by atomic mass is 15.2. The summed E-state index contributed by atoms with van der Waals surface area (Å²) in [6.45, 7) is 7.43. The van der Waals surface area contributed by atoms with Crippen LogP contribution in [0.4, 0.5) is 0 Å². The molecular weight excluding hydrogens is 308 g/mol. The molecule has 0 unspecified atom stereocenters. The van der Waals surface area contributed by atoms with E-state index in [1.165, 1.54) is 22.3 Å². The molecule has 2 aromatic rings. The SMILES string of the molecule is CCNC(=NCc1cccc(CN(C)C)c1)NCc1ccc(C)cc1. The lowest BCUT2D eigenvalue weighted by atomic mass is 10.1. The van der Waals surface area contributed by atoms with Crippen LogP contribution in [0, 0.1) is 6.92 Å². The Labute approximate surface area is 152 Å². The van der Waals surface area contributed by atoms with Gasteiger partial charge >= 0.3 is 0 Å². The third kappa shape index (κ3) is 6.98. The molecule has 0 aliphatic rings. The molecule has 2 N–H and O–H groups in total. The smallest absolute Gasteiger partial charge is 0.191 e. The molecule has 0 bridgehead atoms. The molecule has 0 radical (unpaired) electrons. The summed E-state index contributed by atoms with van der Waals surface area (Å²) in [7, 11) is 4.17. The number of hydrogen-bond acceptors (Lipinski definition) is 2. The molecule has 4 heteroatoms. The molecule has 0 amide bonds. The van der Waals surface area contributed by atoms with Crippen molar-refractivity contribution >= 4 is 5.96 Å². The molecule has 2 rings (SSSR count). The minimum Gasteiger partial charge on any atom is -0.357 e. The molecule has 0 saturated heterocycles. The normalized spacial score (nSPS) is 11.6. The van der Waals surface area contributed by atoms with Gasteiger partial charge in [-0.15, -0.1) is 0 Å². The van der Waals surface area contributed by atoms with Crippen molar-refractivity contribution in [2.45, 2.75) is 33.5 Å². The van der Waals surface area contributed by atoms with E-state index in [0.29, 0.717) is 6.54 Å². The lowest BCUT2D eigenvalue weighted by molar-refractivity contribution is 0.402. The Hall–Kier alpha value is -2.33. The van der Waals surface area contributed by atoms with Gasteiger partial charge in [-0.2, -0.15) is 0 Å². The van der Waals surface area contributed by atoms with Gasteiger partial charge in [0.1, 0.15) is 0 Å². The van der Waals surface area contributed by atoms with E-state index in [1.807, 2.05) is 0 Å². The summed E-state index contributed by atoms with van der Waals surface area (Å²) in [6.07, 6.45) is 0. The summed E-state index contributed by atoms with van der Waals surface area (Å²) in [5.41, 5.74) is 5.08. The molecule has 0 aromatic heterocycles. The Balaban J connectivity index is 1.97. The first kappa shape index (κ1) is 19.0. The van der Waals surface area contributed by atoms with Crippen molar-refractivity contribution in [3.8, 4) is 0 Å². The van der Waals surface area contributed by atoms with Gasteiger partial charge in [0.15, 0.2) is 5.96 Å². The fourth-order valence-electron chi connectivity index (χ4n) is 2.60. The Bertz CT molecular complexity index is 675. The molecule has 0 atom stereocenters. The molecule has 134 valence electrons. The van der Waals surface area contributed by atoms with E-state index >= 15 is 0 Å². The first-order chi connectivity index (χ1) is 12.1. The highest BCUT2D eigenvalue weighted by molar-refractivity contribution is 5.79. The zero-order valence-electron chi connectivity index (χ0n) is 15.8. The Morgan fingerprint density at radius 3 is 2.36 bits per heavy atom. The summed E-state index contributed by atoms with van der Waals surface area (Å²) in [4.78, 5) is 6.89. The van der Waals surface area contributed by atoms with Crippen LogP contribution < -0.4 is 10.6 Å². The first-order valence-electron chi connectivity index (χ1n) is 8.87. The Morgan fingerprint density at radius 1 is 0.960 bits per heavy atom. The van der Waals surface area contributed by atoms with Crippen molar-refractivity contribution in [1.29, 1.82) is 0 Å². The maximum absolute atomic E-state index is 4.72. The van der Waals surface area contributed by atoms with Gasteiger partial charge in [0.05, 0.1) is 6.54 Å². The van der Waals surface area contributed by atoms with Crippen LogP contribution in [-0.2, 0) is 19.6 Å². The van der Waals surface area contributed by atoms with Crippen molar-refractivity contribution in [1.82, 2.24) is 15.5 Å². The van der Waals surface area contributed by atoms with Crippen LogP contribution in [0.25, 0.3) is 0 Å². The fourth-order valence-corrected chi connectivity index (χ4v) is 2.60. The number of hydrogen-bond donors (Lipinski definition) is 2. The quantitative estimate of drug-likeness (QED) is 0.601. The number of guanidine groups is 1. The molecule has 4 nitrogen and oxygen atoms in total. The molecule has 0 heterocycles. The standard InChI is InChI=1S/C21H30N4/c1-5-22-21(23-14-18-11-9-17(2)10-12-18)24-15-19-7-6-8-20(13-19)16-25(3)4/h6-13H,5,14-16H2,1-4H3,(H2,22,23,24). The minimum absolute atomic E-state index is 0.671. The summed E-state index contributed by atoms with van der Waals surface area (Å²) in [5, 5.41) is 6.72.